The lowest BCUT2D eigenvalue weighted by atomic mass is 10.0. The summed E-state index contributed by atoms with van der Waals surface area (Å²) in [6, 6.07) is 10.9. The van der Waals surface area contributed by atoms with Crippen molar-refractivity contribution in [2.24, 2.45) is 0 Å². The Balaban J connectivity index is 1.92. The third-order valence-corrected chi connectivity index (χ3v) is 6.28. The largest absolute Gasteiger partial charge is 0.493 e. The first-order valence-electron chi connectivity index (χ1n) is 10.8. The summed E-state index contributed by atoms with van der Waals surface area (Å²) in [5, 5.41) is 5.00. The van der Waals surface area contributed by atoms with Crippen molar-refractivity contribution in [3.63, 3.8) is 0 Å². The highest BCUT2D eigenvalue weighted by Gasteiger charge is 2.23. The molecule has 0 aliphatic rings. The molecule has 3 rings (SSSR count). The van der Waals surface area contributed by atoms with Gasteiger partial charge in [0.05, 0.1) is 27.4 Å². The zero-order chi connectivity index (χ0) is 25.4. The maximum Gasteiger partial charge on any atom is 0.341 e. The average molecular weight is 560 g/mol. The van der Waals surface area contributed by atoms with E-state index in [4.69, 9.17) is 18.9 Å². The summed E-state index contributed by atoms with van der Waals surface area (Å²) in [7, 11) is 3.10. The van der Waals surface area contributed by atoms with Crippen LogP contribution in [0.5, 0.6) is 17.2 Å². The second-order valence-electron chi connectivity index (χ2n) is 7.08. The molecule has 0 atom stereocenters. The molecule has 0 radical (unpaired) electrons. The van der Waals surface area contributed by atoms with Crippen LogP contribution in [0.15, 0.2) is 52.3 Å². The second-order valence-corrected chi connectivity index (χ2v) is 8.88. The summed E-state index contributed by atoms with van der Waals surface area (Å²) in [5.74, 6) is 0.849. The molecule has 0 fully saturated rings. The topological polar surface area (TPSA) is 83.1 Å². The van der Waals surface area contributed by atoms with E-state index in [0.29, 0.717) is 34.4 Å². The van der Waals surface area contributed by atoms with Gasteiger partial charge in [0.25, 0.3) is 0 Å². The van der Waals surface area contributed by atoms with Gasteiger partial charge in [-0.2, -0.15) is 0 Å². The van der Waals surface area contributed by atoms with E-state index in [0.717, 1.165) is 15.6 Å². The van der Waals surface area contributed by atoms with Crippen molar-refractivity contribution in [3.8, 4) is 28.4 Å². The Morgan fingerprint density at radius 3 is 2.43 bits per heavy atom. The monoisotopic (exact) mass is 559 g/mol. The molecule has 1 aromatic heterocycles. The van der Waals surface area contributed by atoms with Gasteiger partial charge in [0.2, 0.25) is 5.91 Å². The Hall–Kier alpha value is -3.30. The Kier molecular flexibility index (Phi) is 9.33. The minimum Gasteiger partial charge on any atom is -0.493 e. The highest BCUT2D eigenvalue weighted by atomic mass is 79.9. The van der Waals surface area contributed by atoms with Gasteiger partial charge in [0.15, 0.2) is 11.5 Å². The molecule has 7 nitrogen and oxygen atoms in total. The van der Waals surface area contributed by atoms with Gasteiger partial charge in [-0.15, -0.1) is 11.3 Å². The molecule has 0 aliphatic carbocycles. The highest BCUT2D eigenvalue weighted by Crippen LogP contribution is 2.39. The summed E-state index contributed by atoms with van der Waals surface area (Å²) < 4.78 is 22.5. The molecule has 1 N–H and O–H groups in total. The maximum absolute atomic E-state index is 12.9. The maximum atomic E-state index is 12.9. The first-order chi connectivity index (χ1) is 16.9. The predicted octanol–water partition coefficient (Wildman–Crippen LogP) is 6.42. The minimum atomic E-state index is -0.525. The summed E-state index contributed by atoms with van der Waals surface area (Å²) in [6.45, 7) is 4.34. The van der Waals surface area contributed by atoms with E-state index in [2.05, 4.69) is 21.2 Å². The summed E-state index contributed by atoms with van der Waals surface area (Å²) in [6.07, 6.45) is 3.06. The number of rotatable bonds is 10. The number of carbonyl (C=O) groups is 2. The van der Waals surface area contributed by atoms with E-state index in [-0.39, 0.29) is 12.2 Å². The first kappa shape index (κ1) is 26.3. The van der Waals surface area contributed by atoms with Crippen LogP contribution in [0.3, 0.4) is 0 Å². The molecule has 9 heteroatoms. The number of carbonyl (C=O) groups excluding carboxylic acids is 2. The van der Waals surface area contributed by atoms with Gasteiger partial charge < -0.3 is 24.3 Å². The number of hydrogen-bond acceptors (Lipinski definition) is 7. The Bertz CT molecular complexity index is 1240. The van der Waals surface area contributed by atoms with Crippen molar-refractivity contribution in [2.45, 2.75) is 13.8 Å². The molecule has 0 aliphatic heterocycles. The van der Waals surface area contributed by atoms with Crippen LogP contribution in [0.4, 0.5) is 5.00 Å². The van der Waals surface area contributed by atoms with Crippen molar-refractivity contribution in [1.29, 1.82) is 0 Å². The quantitative estimate of drug-likeness (QED) is 0.228. The zero-order valence-corrected chi connectivity index (χ0v) is 22.2. The number of ether oxygens (including phenoxy) is 4. The Morgan fingerprint density at radius 2 is 1.74 bits per heavy atom. The van der Waals surface area contributed by atoms with Crippen molar-refractivity contribution < 1.29 is 28.5 Å². The van der Waals surface area contributed by atoms with Crippen LogP contribution in [-0.4, -0.2) is 39.3 Å². The molecule has 35 heavy (non-hydrogen) atoms. The molecule has 1 heterocycles. The summed E-state index contributed by atoms with van der Waals surface area (Å²) in [5.41, 5.74) is 2.38. The predicted molar refractivity (Wildman–Crippen MR) is 142 cm³/mol. The standard InChI is InChI=1S/C26H26BrNO6S/c1-5-33-20-11-9-18(27)13-17(20)8-12-23(29)28-25-24(26(30)34-6-2)19(15-35-25)16-7-10-21(31-3)22(14-16)32-4/h7-15H,5-6H2,1-4H3,(H,28,29). The van der Waals surface area contributed by atoms with E-state index in [1.165, 1.54) is 17.4 Å². The third-order valence-electron chi connectivity index (χ3n) is 4.89. The molecule has 1 amide bonds. The first-order valence-corrected chi connectivity index (χ1v) is 12.5. The van der Waals surface area contributed by atoms with Gasteiger partial charge in [-0.1, -0.05) is 22.0 Å². The lowest BCUT2D eigenvalue weighted by Crippen LogP contribution is -2.12. The van der Waals surface area contributed by atoms with Crippen LogP contribution in [0.2, 0.25) is 0 Å². The van der Waals surface area contributed by atoms with Crippen LogP contribution in [0.1, 0.15) is 29.8 Å². The molecular formula is C26H26BrNO6S. The van der Waals surface area contributed by atoms with Crippen molar-refractivity contribution in [3.05, 3.63) is 63.5 Å². The van der Waals surface area contributed by atoms with Crippen LogP contribution in [-0.2, 0) is 9.53 Å². The van der Waals surface area contributed by atoms with Crippen molar-refractivity contribution >= 4 is 50.2 Å². The molecule has 184 valence electrons. The van der Waals surface area contributed by atoms with Crippen molar-refractivity contribution in [2.75, 3.05) is 32.8 Å². The number of nitrogens with one attached hydrogen (secondary N) is 1. The van der Waals surface area contributed by atoms with E-state index in [9.17, 15) is 9.59 Å². The van der Waals surface area contributed by atoms with Crippen LogP contribution in [0.25, 0.3) is 17.2 Å². The van der Waals surface area contributed by atoms with Crippen LogP contribution >= 0.6 is 27.3 Å². The van der Waals surface area contributed by atoms with Gasteiger partial charge in [-0.05, 0) is 55.8 Å². The summed E-state index contributed by atoms with van der Waals surface area (Å²) in [4.78, 5) is 25.6. The number of hydrogen-bond donors (Lipinski definition) is 1. The molecule has 0 saturated carbocycles. The lowest BCUT2D eigenvalue weighted by molar-refractivity contribution is -0.111. The second kappa shape index (κ2) is 12.4. The number of thiophene rings is 1. The smallest absolute Gasteiger partial charge is 0.341 e. The normalized spacial score (nSPS) is 10.8. The summed E-state index contributed by atoms with van der Waals surface area (Å²) >= 11 is 4.68. The number of methoxy groups -OCH3 is 2. The number of amides is 1. The molecule has 0 spiro atoms. The van der Waals surface area contributed by atoms with E-state index >= 15 is 0 Å². The van der Waals surface area contributed by atoms with Gasteiger partial charge in [-0.3, -0.25) is 4.79 Å². The lowest BCUT2D eigenvalue weighted by Gasteiger charge is -2.11. The van der Waals surface area contributed by atoms with Gasteiger partial charge >= 0.3 is 5.97 Å². The molecular weight excluding hydrogens is 534 g/mol. The number of benzene rings is 2. The molecule has 0 saturated heterocycles. The Labute approximate surface area is 216 Å². The van der Waals surface area contributed by atoms with Crippen LogP contribution < -0.4 is 19.5 Å². The number of esters is 1. The van der Waals surface area contributed by atoms with Gasteiger partial charge in [0.1, 0.15) is 16.3 Å². The fraction of sp³-hybridized carbons (Fsp3) is 0.231. The third kappa shape index (κ3) is 6.43. The molecule has 0 unspecified atom stereocenters. The Morgan fingerprint density at radius 1 is 1.00 bits per heavy atom. The molecule has 3 aromatic rings. The average Bonchev–Trinajstić information content (AvgIpc) is 3.27. The molecule has 2 aromatic carbocycles. The van der Waals surface area contributed by atoms with E-state index in [1.807, 2.05) is 31.2 Å². The molecule has 0 bridgehead atoms. The van der Waals surface area contributed by atoms with E-state index < -0.39 is 11.9 Å². The van der Waals surface area contributed by atoms with Gasteiger partial charge in [-0.25, -0.2) is 4.79 Å². The SMILES string of the molecule is CCOC(=O)c1c(-c2ccc(OC)c(OC)c2)csc1NC(=O)C=Cc1cc(Br)ccc1OCC. The van der Waals surface area contributed by atoms with E-state index in [1.54, 1.807) is 44.7 Å². The van der Waals surface area contributed by atoms with Crippen molar-refractivity contribution in [1.82, 2.24) is 0 Å². The number of anilines is 1. The number of halogens is 1. The van der Waals surface area contributed by atoms with Crippen LogP contribution in [0, 0.1) is 0 Å². The fourth-order valence-electron chi connectivity index (χ4n) is 3.33. The van der Waals surface area contributed by atoms with Gasteiger partial charge in [0, 0.05) is 27.1 Å². The zero-order valence-electron chi connectivity index (χ0n) is 19.8. The fourth-order valence-corrected chi connectivity index (χ4v) is 4.67. The highest BCUT2D eigenvalue weighted by molar-refractivity contribution is 9.10. The minimum absolute atomic E-state index is 0.205.